The van der Waals surface area contributed by atoms with E-state index in [9.17, 15) is 13.6 Å². The number of hydrogen-bond donors (Lipinski definition) is 1. The average molecular weight is 314 g/mol. The Morgan fingerprint density at radius 1 is 1.09 bits per heavy atom. The molecule has 0 heterocycles. The molecule has 2 aromatic carbocycles. The molecule has 3 nitrogen and oxygen atoms in total. The van der Waals surface area contributed by atoms with Crippen molar-refractivity contribution < 1.29 is 13.6 Å². The Morgan fingerprint density at radius 3 is 2.39 bits per heavy atom. The van der Waals surface area contributed by atoms with E-state index in [0.717, 1.165) is 23.4 Å². The molecule has 0 bridgehead atoms. The number of rotatable bonds is 3. The van der Waals surface area contributed by atoms with Crippen LogP contribution in [0.2, 0.25) is 0 Å². The molecule has 0 aromatic heterocycles. The Kier molecular flexibility index (Phi) is 5.32. The molecule has 0 saturated heterocycles. The van der Waals surface area contributed by atoms with E-state index in [1.54, 1.807) is 0 Å². The van der Waals surface area contributed by atoms with Crippen LogP contribution in [-0.4, -0.2) is 26.5 Å². The highest BCUT2D eigenvalue weighted by molar-refractivity contribution is 5.94. The molecule has 0 fully saturated rings. The summed E-state index contributed by atoms with van der Waals surface area (Å²) in [4.78, 5) is 13.7. The van der Waals surface area contributed by atoms with Crippen LogP contribution in [0.3, 0.4) is 0 Å². The molecule has 0 spiro atoms. The zero-order chi connectivity index (χ0) is 16.8. The first-order chi connectivity index (χ1) is 11.0. The van der Waals surface area contributed by atoms with Crippen molar-refractivity contribution in [2.24, 2.45) is 0 Å². The van der Waals surface area contributed by atoms with Crippen LogP contribution in [0.4, 0.5) is 14.5 Å². The second kappa shape index (κ2) is 7.41. The summed E-state index contributed by atoms with van der Waals surface area (Å²) in [6.07, 6.45) is 0. The van der Waals surface area contributed by atoms with Crippen molar-refractivity contribution >= 4 is 11.6 Å². The summed E-state index contributed by atoms with van der Waals surface area (Å²) in [5.41, 5.74) is 1.17. The van der Waals surface area contributed by atoms with Crippen molar-refractivity contribution in [1.82, 2.24) is 5.32 Å². The van der Waals surface area contributed by atoms with Gasteiger partial charge in [-0.15, -0.1) is 0 Å². The van der Waals surface area contributed by atoms with E-state index >= 15 is 0 Å². The molecular weight excluding hydrogens is 298 g/mol. The van der Waals surface area contributed by atoms with Crippen LogP contribution in [0.15, 0.2) is 42.5 Å². The molecular formula is C18H16F2N2O. The summed E-state index contributed by atoms with van der Waals surface area (Å²) in [5, 5.41) is 2.39. The van der Waals surface area contributed by atoms with E-state index in [1.807, 2.05) is 43.3 Å². The molecule has 23 heavy (non-hydrogen) atoms. The molecule has 0 aliphatic carbocycles. The van der Waals surface area contributed by atoms with E-state index in [1.165, 1.54) is 6.07 Å². The monoisotopic (exact) mass is 314 g/mol. The Balaban J connectivity index is 2.06. The topological polar surface area (TPSA) is 32.3 Å². The van der Waals surface area contributed by atoms with E-state index < -0.39 is 23.1 Å². The molecule has 0 aliphatic rings. The Bertz CT molecular complexity index is 756. The van der Waals surface area contributed by atoms with Gasteiger partial charge in [-0.1, -0.05) is 30.0 Å². The maximum Gasteiger partial charge on any atom is 0.258 e. The number of para-hydroxylation sites is 1. The van der Waals surface area contributed by atoms with E-state index in [-0.39, 0.29) is 6.54 Å². The first-order valence-corrected chi connectivity index (χ1v) is 6.98. The zero-order valence-electron chi connectivity index (χ0n) is 12.9. The van der Waals surface area contributed by atoms with Gasteiger partial charge < -0.3 is 10.2 Å². The summed E-state index contributed by atoms with van der Waals surface area (Å²) in [7, 11) is 3.81. The molecule has 0 saturated carbocycles. The van der Waals surface area contributed by atoms with Gasteiger partial charge in [0.1, 0.15) is 17.2 Å². The normalized spacial score (nSPS) is 9.74. The molecule has 0 atom stereocenters. The number of amides is 1. The minimum Gasteiger partial charge on any atom is -0.377 e. The molecule has 1 N–H and O–H groups in total. The van der Waals surface area contributed by atoms with Gasteiger partial charge in [0.2, 0.25) is 0 Å². The molecule has 5 heteroatoms. The van der Waals surface area contributed by atoms with Crippen molar-refractivity contribution in [3.8, 4) is 11.8 Å². The Hall–Kier alpha value is -2.87. The van der Waals surface area contributed by atoms with E-state index in [2.05, 4.69) is 17.2 Å². The third-order valence-electron chi connectivity index (χ3n) is 3.14. The highest BCUT2D eigenvalue weighted by Gasteiger charge is 2.15. The number of carbonyl (C=O) groups excluding carboxylic acids is 1. The molecule has 0 unspecified atom stereocenters. The van der Waals surface area contributed by atoms with Crippen LogP contribution in [0, 0.1) is 23.5 Å². The highest BCUT2D eigenvalue weighted by atomic mass is 19.1. The minimum absolute atomic E-state index is 0.00558. The smallest absolute Gasteiger partial charge is 0.258 e. The maximum atomic E-state index is 13.5. The summed E-state index contributed by atoms with van der Waals surface area (Å²) in [5.74, 6) is 3.11. The number of carbonyl (C=O) groups is 1. The molecule has 0 aliphatic heterocycles. The second-order valence-electron chi connectivity index (χ2n) is 4.99. The first kappa shape index (κ1) is 16.5. The third kappa shape index (κ3) is 4.07. The summed E-state index contributed by atoms with van der Waals surface area (Å²) >= 11 is 0. The van der Waals surface area contributed by atoms with Crippen LogP contribution >= 0.6 is 0 Å². The van der Waals surface area contributed by atoms with Gasteiger partial charge in [0, 0.05) is 19.7 Å². The van der Waals surface area contributed by atoms with Gasteiger partial charge >= 0.3 is 0 Å². The van der Waals surface area contributed by atoms with Gasteiger partial charge in [-0.25, -0.2) is 8.78 Å². The molecule has 118 valence electrons. The molecule has 0 radical (unpaired) electrons. The number of halogens is 2. The van der Waals surface area contributed by atoms with Crippen molar-refractivity contribution in [1.29, 1.82) is 0 Å². The quantitative estimate of drug-likeness (QED) is 0.884. The largest absolute Gasteiger partial charge is 0.377 e. The number of nitrogens with zero attached hydrogens (tertiary/aromatic N) is 1. The fraction of sp³-hybridized carbons (Fsp3) is 0.167. The summed E-state index contributed by atoms with van der Waals surface area (Å²) < 4.78 is 26.9. The van der Waals surface area contributed by atoms with E-state index in [4.69, 9.17) is 0 Å². The lowest BCUT2D eigenvalue weighted by Crippen LogP contribution is -2.25. The van der Waals surface area contributed by atoms with Crippen LogP contribution in [0.1, 0.15) is 15.9 Å². The van der Waals surface area contributed by atoms with Crippen LogP contribution < -0.4 is 10.2 Å². The Labute approximate surface area is 133 Å². The van der Waals surface area contributed by atoms with Gasteiger partial charge in [0.15, 0.2) is 0 Å². The third-order valence-corrected chi connectivity index (χ3v) is 3.14. The first-order valence-electron chi connectivity index (χ1n) is 6.98. The maximum absolute atomic E-state index is 13.5. The van der Waals surface area contributed by atoms with Crippen LogP contribution in [-0.2, 0) is 0 Å². The Morgan fingerprint density at radius 2 is 1.74 bits per heavy atom. The molecule has 2 rings (SSSR count). The highest BCUT2D eigenvalue weighted by Crippen LogP contribution is 2.16. The van der Waals surface area contributed by atoms with Crippen LogP contribution in [0.5, 0.6) is 0 Å². The minimum atomic E-state index is -0.895. The number of nitrogens with one attached hydrogen (secondary N) is 1. The fourth-order valence-corrected chi connectivity index (χ4v) is 2.04. The lowest BCUT2D eigenvalue weighted by Gasteiger charge is -2.13. The number of anilines is 1. The van der Waals surface area contributed by atoms with Crippen molar-refractivity contribution in [3.05, 3.63) is 65.2 Å². The van der Waals surface area contributed by atoms with Gasteiger partial charge in [0.05, 0.1) is 12.2 Å². The predicted molar refractivity (Wildman–Crippen MR) is 86.3 cm³/mol. The van der Waals surface area contributed by atoms with Crippen LogP contribution in [0.25, 0.3) is 0 Å². The fourth-order valence-electron chi connectivity index (χ4n) is 2.04. The average Bonchev–Trinajstić information content (AvgIpc) is 2.51. The van der Waals surface area contributed by atoms with Crippen molar-refractivity contribution in [2.75, 3.05) is 25.5 Å². The summed E-state index contributed by atoms with van der Waals surface area (Å²) in [6.45, 7) is -0.00558. The molecule has 2 aromatic rings. The standard InChI is InChI=1S/C18H16F2N2O/c1-22(2)16-11-4-3-7-13(16)8-6-12-21-18(23)17-14(19)9-5-10-15(17)20/h3-5,7,9-11H,12H2,1-2H3,(H,21,23). The zero-order valence-corrected chi connectivity index (χ0v) is 12.9. The molecule has 1 amide bonds. The van der Waals surface area contributed by atoms with Gasteiger partial charge in [-0.05, 0) is 24.3 Å². The predicted octanol–water partition coefficient (Wildman–Crippen LogP) is 2.81. The SMILES string of the molecule is CN(C)c1ccccc1C#CCNC(=O)c1c(F)cccc1F. The second-order valence-corrected chi connectivity index (χ2v) is 4.99. The number of hydrogen-bond acceptors (Lipinski definition) is 2. The van der Waals surface area contributed by atoms with Crippen molar-refractivity contribution in [2.45, 2.75) is 0 Å². The van der Waals surface area contributed by atoms with Gasteiger partial charge in [-0.3, -0.25) is 4.79 Å². The van der Waals surface area contributed by atoms with Gasteiger partial charge in [0.25, 0.3) is 5.91 Å². The number of benzene rings is 2. The van der Waals surface area contributed by atoms with Crippen molar-refractivity contribution in [3.63, 3.8) is 0 Å². The lowest BCUT2D eigenvalue weighted by atomic mass is 10.1. The van der Waals surface area contributed by atoms with Gasteiger partial charge in [-0.2, -0.15) is 0 Å². The van der Waals surface area contributed by atoms with E-state index in [0.29, 0.717) is 0 Å². The summed E-state index contributed by atoms with van der Waals surface area (Å²) in [6, 6.07) is 10.8. The lowest BCUT2D eigenvalue weighted by molar-refractivity contribution is 0.0950.